The fourth-order valence-corrected chi connectivity index (χ4v) is 10.7. The van der Waals surface area contributed by atoms with Crippen molar-refractivity contribution < 1.29 is 116 Å². The summed E-state index contributed by atoms with van der Waals surface area (Å²) < 4.78 is 0. The van der Waals surface area contributed by atoms with Crippen LogP contribution in [0.4, 0.5) is 0 Å². The topological polar surface area (TPSA) is 862 Å². The lowest BCUT2D eigenvalue weighted by molar-refractivity contribution is -0.147. The summed E-state index contributed by atoms with van der Waals surface area (Å²) in [5, 5.41) is 69.1. The van der Waals surface area contributed by atoms with Crippen molar-refractivity contribution in [2.45, 2.75) is 258 Å². The van der Waals surface area contributed by atoms with Crippen molar-refractivity contribution in [3.8, 4) is 0 Å². The monoisotopic (exact) mass is 1730 g/mol. The summed E-state index contributed by atoms with van der Waals surface area (Å²) in [4.78, 5) is 272. The molecule has 0 aliphatic rings. The van der Waals surface area contributed by atoms with Crippen molar-refractivity contribution in [3.05, 3.63) is 0 Å². The van der Waals surface area contributed by atoms with Crippen LogP contribution in [0.15, 0.2) is 15.0 Å². The third kappa shape index (κ3) is 49.9. The first-order chi connectivity index (χ1) is 56.1. The lowest BCUT2D eigenvalue weighted by Crippen LogP contribution is -2.60. The molecular formula is C71H126N26O24. The lowest BCUT2D eigenvalue weighted by Gasteiger charge is -2.28. The Hall–Kier alpha value is -12.8. The fraction of sp³-hybridized carbons (Fsp3) is 0.676. The maximum Gasteiger partial charge on any atom is 0.326 e. The highest BCUT2D eigenvalue weighted by molar-refractivity contribution is 6.01. The van der Waals surface area contributed by atoms with E-state index in [0.717, 1.165) is 6.92 Å². The number of hydrogen-bond acceptors (Lipinski definition) is 24. The van der Waals surface area contributed by atoms with Gasteiger partial charge in [-0.2, -0.15) is 0 Å². The average Bonchev–Trinajstić information content (AvgIpc) is 0.852. The van der Waals surface area contributed by atoms with Gasteiger partial charge in [0.15, 0.2) is 17.9 Å². The van der Waals surface area contributed by atoms with Gasteiger partial charge in [0, 0.05) is 33.0 Å². The summed E-state index contributed by atoms with van der Waals surface area (Å²) in [7, 11) is 0. The number of rotatable bonds is 57. The molecule has 684 valence electrons. The van der Waals surface area contributed by atoms with Crippen molar-refractivity contribution in [1.82, 2.24) is 74.4 Å². The highest BCUT2D eigenvalue weighted by Crippen LogP contribution is 2.14. The highest BCUT2D eigenvalue weighted by atomic mass is 16.4. The van der Waals surface area contributed by atoms with Crippen LogP contribution in [0, 0.1) is 23.7 Å². The Bertz CT molecular complexity index is 3660. The Morgan fingerprint density at radius 2 is 0.603 bits per heavy atom. The molecule has 0 aromatic rings. The van der Waals surface area contributed by atoms with Gasteiger partial charge < -0.3 is 146 Å². The molecule has 0 aromatic heterocycles. The van der Waals surface area contributed by atoms with E-state index in [-0.39, 0.29) is 107 Å². The summed E-state index contributed by atoms with van der Waals surface area (Å²) in [6, 6.07) is -21.6. The van der Waals surface area contributed by atoms with Gasteiger partial charge in [-0.15, -0.1) is 0 Å². The number of aliphatic carboxylic acids is 4. The number of nitrogens with two attached hydrogens (primary N) is 9. The van der Waals surface area contributed by atoms with E-state index < -0.39 is 248 Å². The predicted octanol–water partition coefficient (Wildman–Crippen LogP) is -9.99. The maximum atomic E-state index is 14.2. The Kier molecular flexibility index (Phi) is 52.2. The van der Waals surface area contributed by atoms with Crippen LogP contribution in [0.1, 0.15) is 173 Å². The Balaban J connectivity index is 0. The fourth-order valence-electron chi connectivity index (χ4n) is 10.7. The molecule has 121 heavy (non-hydrogen) atoms. The number of carboxylic acids is 4. The van der Waals surface area contributed by atoms with Crippen LogP contribution in [-0.2, 0) is 95.9 Å². The van der Waals surface area contributed by atoms with Crippen LogP contribution in [0.25, 0.3) is 0 Å². The van der Waals surface area contributed by atoms with Crippen molar-refractivity contribution in [1.29, 1.82) is 0 Å². The minimum Gasteiger partial charge on any atom is -0.481 e. The zero-order chi connectivity index (χ0) is 93.4. The molecule has 0 rings (SSSR count). The first kappa shape index (κ1) is 110. The van der Waals surface area contributed by atoms with Crippen LogP contribution in [0.5, 0.6) is 0 Å². The van der Waals surface area contributed by atoms with Gasteiger partial charge in [0.1, 0.15) is 78.5 Å². The van der Waals surface area contributed by atoms with Crippen LogP contribution in [0.2, 0.25) is 0 Å². The van der Waals surface area contributed by atoms with E-state index in [0.29, 0.717) is 6.42 Å². The first-order valence-electron chi connectivity index (χ1n) is 38.6. The number of guanidine groups is 3. The minimum atomic E-state index is -1.93. The predicted molar refractivity (Wildman–Crippen MR) is 434 cm³/mol. The molecular weight excluding hydrogens is 1600 g/mol. The summed E-state index contributed by atoms with van der Waals surface area (Å²) in [6.45, 7) is 16.9. The number of nitrogens with zero attached hydrogens (tertiary/aromatic N) is 3. The quantitative estimate of drug-likeness (QED) is 0.0153. The highest BCUT2D eigenvalue weighted by Gasteiger charge is 2.38. The maximum absolute atomic E-state index is 14.2. The minimum absolute atomic E-state index is 0.00971. The molecule has 0 heterocycles. The van der Waals surface area contributed by atoms with Crippen molar-refractivity contribution >= 4 is 136 Å². The standard InChI is InChI=1S/C69H122N26O22.C2H4O2/c1-30(2)23-41(93-64(114)42(24-31(3)4)89-53(103)35(10)85-62(112)45(27-48(72)97)91-55(105)34(9)83-58(108)38(16-13-21-80-68(75)76)86-56(106)37(70)15-12-20-79-67(73)74)61(111)84-36(11)54(104)90-44(26-47(71)96)57(107)82-29-49(98)95-52(33(7)8)65(115)88-40(18-19-50(99)100)60(110)92-43(25-32(5)6)63(113)87-39(17-14-22-81-69(77)78)59(109)94-46(66(116)117)28-51(101)102;1-2(3)4/h30-46,52H,12-29,70H2,1-11H3,(H2,71,96)(H2,72,97)(H,82,107)(H,83,108)(H,84,111)(H,85,112)(H,86,106)(H,87,113)(H,88,115)(H,89,103)(H,90,104)(H,91,105)(H,92,110)(H,93,114)(H,94,109)(H,95,98)(H,99,100)(H,101,102)(H,116,117)(H4,73,74,79)(H4,75,76,80)(H4,77,78,81);1H3,(H,3,4)/t34-,35-,36-,37-,38-,39-,40-,41-,42-,43-,44-,45-,46-,52-;/m0./s1. The van der Waals surface area contributed by atoms with E-state index in [1.165, 1.54) is 34.6 Å². The summed E-state index contributed by atoms with van der Waals surface area (Å²) in [5.74, 6) is -24.6. The molecule has 0 bridgehead atoms. The molecule has 0 saturated heterocycles. The molecule has 0 spiro atoms. The van der Waals surface area contributed by atoms with Crippen LogP contribution >= 0.6 is 0 Å². The summed E-state index contributed by atoms with van der Waals surface area (Å²) in [6.07, 6.45) is -4.02. The number of amides is 16. The van der Waals surface area contributed by atoms with Gasteiger partial charge in [0.05, 0.1) is 31.8 Å². The molecule has 0 radical (unpaired) electrons. The van der Waals surface area contributed by atoms with Crippen molar-refractivity contribution in [3.63, 3.8) is 0 Å². The second-order valence-corrected chi connectivity index (χ2v) is 29.8. The van der Waals surface area contributed by atoms with E-state index in [1.54, 1.807) is 41.5 Å². The van der Waals surface area contributed by atoms with Gasteiger partial charge in [0.25, 0.3) is 5.97 Å². The largest absolute Gasteiger partial charge is 0.481 e. The van der Waals surface area contributed by atoms with Crippen molar-refractivity contribution in [2.75, 3.05) is 26.2 Å². The molecule has 36 N–H and O–H groups in total. The number of carbonyl (C=O) groups excluding carboxylic acids is 16. The van der Waals surface area contributed by atoms with Gasteiger partial charge in [0.2, 0.25) is 94.5 Å². The molecule has 0 saturated carbocycles. The molecule has 50 heteroatoms. The third-order valence-corrected chi connectivity index (χ3v) is 16.8. The number of carbonyl (C=O) groups is 20. The van der Waals surface area contributed by atoms with Gasteiger partial charge >= 0.3 is 17.9 Å². The second-order valence-electron chi connectivity index (χ2n) is 29.8. The molecule has 0 aromatic carbocycles. The van der Waals surface area contributed by atoms with E-state index in [4.69, 9.17) is 61.5 Å². The second kappa shape index (κ2) is 57.3. The lowest BCUT2D eigenvalue weighted by atomic mass is 9.99. The average molecular weight is 1730 g/mol. The van der Waals surface area contributed by atoms with Gasteiger partial charge in [-0.05, 0) is 109 Å². The van der Waals surface area contributed by atoms with Crippen LogP contribution < -0.4 is 126 Å². The molecule has 0 aliphatic heterocycles. The number of carboxylic acid groups (broad SMARTS) is 4. The van der Waals surface area contributed by atoms with E-state index in [9.17, 15) is 106 Å². The zero-order valence-electron chi connectivity index (χ0n) is 70.1. The Morgan fingerprint density at radius 3 is 0.942 bits per heavy atom. The Labute approximate surface area is 698 Å². The number of hydrogen-bond donors (Lipinski definition) is 27. The zero-order valence-corrected chi connectivity index (χ0v) is 70.1. The van der Waals surface area contributed by atoms with Crippen molar-refractivity contribution in [2.24, 2.45) is 90.3 Å². The smallest absolute Gasteiger partial charge is 0.326 e. The molecule has 0 unspecified atom stereocenters. The molecule has 0 fully saturated rings. The van der Waals surface area contributed by atoms with Crippen LogP contribution in [0.3, 0.4) is 0 Å². The number of nitrogens with one attached hydrogen (secondary N) is 14. The summed E-state index contributed by atoms with van der Waals surface area (Å²) in [5.41, 5.74) is 49.2. The van der Waals surface area contributed by atoms with E-state index in [1.807, 2.05) is 0 Å². The number of aliphatic imine (C=N–C) groups is 3. The van der Waals surface area contributed by atoms with Gasteiger partial charge in [-0.3, -0.25) is 106 Å². The van der Waals surface area contributed by atoms with Gasteiger partial charge in [-0.1, -0.05) is 55.4 Å². The molecule has 14 atom stereocenters. The SMILES string of the molecule is CC(=O)O.CC(C)C[C@H](NC(=O)[C@H](C)NC(=O)[C@H](CC(N)=O)NC(=O)[C@H](C)NC(=O)[C@H](CCCN=C(N)N)NC(=O)[C@@H](N)CCCN=C(N)N)C(=O)N[C@@H](CC(C)C)C(=O)N[C@@H](C)C(=O)N[C@@H](CC(N)=O)C(=O)NCC(=O)N[C@H](C(=O)N[C@@H](CCC(=O)O)C(=O)N[C@@H](CC(C)C)C(=O)N[C@@H](CCCN=C(N)N)C(=O)N[C@@H](CC(=O)O)C(=O)O)C(C)C. The number of primary amides is 2. The van der Waals surface area contributed by atoms with Gasteiger partial charge in [-0.25, -0.2) is 4.79 Å². The molecule has 16 amide bonds. The normalized spacial score (nSPS) is 14.3. The van der Waals surface area contributed by atoms with E-state index >= 15 is 0 Å². The first-order valence-corrected chi connectivity index (χ1v) is 38.6. The summed E-state index contributed by atoms with van der Waals surface area (Å²) >= 11 is 0. The van der Waals surface area contributed by atoms with Crippen LogP contribution in [-0.4, -0.2) is 267 Å². The Morgan fingerprint density at radius 1 is 0.314 bits per heavy atom. The van der Waals surface area contributed by atoms with E-state index in [2.05, 4.69) is 89.4 Å². The molecule has 50 nitrogen and oxygen atoms in total. The third-order valence-electron chi connectivity index (χ3n) is 16.8. The molecule has 0 aliphatic carbocycles.